The lowest BCUT2D eigenvalue weighted by molar-refractivity contribution is 0.0374. The zero-order valence-electron chi connectivity index (χ0n) is 21.6. The number of benzene rings is 1. The number of aryl methyl sites for hydroxylation is 2. The van der Waals surface area contributed by atoms with Crippen molar-refractivity contribution in [3.63, 3.8) is 0 Å². The number of sulfone groups is 1. The zero-order valence-corrected chi connectivity index (χ0v) is 22.4. The molecule has 2 fully saturated rings. The Kier molecular flexibility index (Phi) is 7.60. The predicted molar refractivity (Wildman–Crippen MR) is 144 cm³/mol. The van der Waals surface area contributed by atoms with E-state index in [0.717, 1.165) is 51.3 Å². The number of fused-ring (bicyclic) bond motifs is 1. The fourth-order valence-electron chi connectivity index (χ4n) is 5.20. The Morgan fingerprint density at radius 2 is 1.95 bits per heavy atom. The molecule has 2 aromatic heterocycles. The molecule has 2 aliphatic rings. The Hall–Kier alpha value is -2.82. The average Bonchev–Trinajstić information content (AvgIpc) is 3.45. The highest BCUT2D eigenvalue weighted by Gasteiger charge is 2.32. The highest BCUT2D eigenvalue weighted by Crippen LogP contribution is 2.32. The number of hydrogen-bond acceptors (Lipinski definition) is 7. The third-order valence-corrected chi connectivity index (χ3v) is 9.08. The minimum absolute atomic E-state index is 0.0450. The van der Waals surface area contributed by atoms with E-state index in [2.05, 4.69) is 29.3 Å². The van der Waals surface area contributed by atoms with Gasteiger partial charge in [0.05, 0.1) is 53.1 Å². The molecule has 10 heteroatoms. The summed E-state index contributed by atoms with van der Waals surface area (Å²) < 4.78 is 31.5. The van der Waals surface area contributed by atoms with E-state index in [1.807, 2.05) is 25.1 Å². The van der Waals surface area contributed by atoms with Crippen LogP contribution in [0.1, 0.15) is 47.4 Å². The molecule has 1 unspecified atom stereocenters. The molecule has 37 heavy (non-hydrogen) atoms. The van der Waals surface area contributed by atoms with E-state index in [1.54, 1.807) is 4.68 Å². The Labute approximate surface area is 218 Å². The maximum Gasteiger partial charge on any atom is 0.252 e. The molecule has 0 saturated carbocycles. The van der Waals surface area contributed by atoms with Crippen molar-refractivity contribution in [2.75, 3.05) is 50.9 Å². The molecular formula is C27H35N5O4S. The first-order chi connectivity index (χ1) is 17.8. The van der Waals surface area contributed by atoms with Crippen LogP contribution in [-0.2, 0) is 21.0 Å². The lowest BCUT2D eigenvalue weighted by Gasteiger charge is -2.26. The molecule has 2 saturated heterocycles. The number of carbonyl (C=O) groups is 1. The first-order valence-electron chi connectivity index (χ1n) is 13.1. The summed E-state index contributed by atoms with van der Waals surface area (Å²) in [6, 6.07) is 9.73. The summed E-state index contributed by atoms with van der Waals surface area (Å²) in [6.45, 7) is 8.81. The van der Waals surface area contributed by atoms with Crippen LogP contribution in [0.5, 0.6) is 0 Å². The topological polar surface area (TPSA) is 106 Å². The van der Waals surface area contributed by atoms with Gasteiger partial charge in [-0.2, -0.15) is 5.10 Å². The summed E-state index contributed by atoms with van der Waals surface area (Å²) in [5, 5.41) is 8.46. The Balaban J connectivity index is 1.46. The van der Waals surface area contributed by atoms with Crippen LogP contribution in [0.25, 0.3) is 22.3 Å². The first kappa shape index (κ1) is 25.8. The molecule has 1 aromatic carbocycles. The minimum atomic E-state index is -3.10. The van der Waals surface area contributed by atoms with E-state index in [9.17, 15) is 13.2 Å². The molecule has 4 heterocycles. The third kappa shape index (κ3) is 5.71. The number of morpholine rings is 1. The summed E-state index contributed by atoms with van der Waals surface area (Å²) in [6.07, 6.45) is 2.29. The fourth-order valence-corrected chi connectivity index (χ4v) is 6.89. The van der Waals surface area contributed by atoms with Gasteiger partial charge in [-0.3, -0.25) is 9.69 Å². The Bertz CT molecular complexity index is 1380. The summed E-state index contributed by atoms with van der Waals surface area (Å²) in [5.41, 5.74) is 4.57. The highest BCUT2D eigenvalue weighted by molar-refractivity contribution is 7.91. The van der Waals surface area contributed by atoms with Crippen LogP contribution in [0.15, 0.2) is 30.3 Å². The van der Waals surface area contributed by atoms with Crippen molar-refractivity contribution in [1.82, 2.24) is 25.0 Å². The van der Waals surface area contributed by atoms with Gasteiger partial charge in [-0.05, 0) is 44.4 Å². The molecule has 198 valence electrons. The van der Waals surface area contributed by atoms with Gasteiger partial charge in [0.2, 0.25) is 0 Å². The smallest absolute Gasteiger partial charge is 0.252 e. The molecule has 0 bridgehead atoms. The van der Waals surface area contributed by atoms with Crippen LogP contribution in [0.3, 0.4) is 0 Å². The molecule has 1 amide bonds. The van der Waals surface area contributed by atoms with Crippen LogP contribution in [0.2, 0.25) is 0 Å². The van der Waals surface area contributed by atoms with Crippen molar-refractivity contribution < 1.29 is 17.9 Å². The molecule has 0 spiro atoms. The number of hydrogen-bond donors (Lipinski definition) is 1. The number of nitrogens with one attached hydrogen (secondary N) is 1. The second-order valence-corrected chi connectivity index (χ2v) is 12.2. The third-order valence-electron chi connectivity index (χ3n) is 7.33. The standard InChI is InChI=1S/C27H35N5O4S/c1-3-20-5-7-21(8-6-20)24-17-23(27(33)28-10-4-11-31-12-14-36-15-13-31)25-19(2)30-32(26(25)29-24)22-9-16-37(34,35)18-22/h5-8,17,22H,3-4,9-16,18H2,1-2H3,(H,28,33). The van der Waals surface area contributed by atoms with Gasteiger partial charge >= 0.3 is 0 Å². The molecule has 9 nitrogen and oxygen atoms in total. The van der Waals surface area contributed by atoms with Crippen LogP contribution < -0.4 is 5.32 Å². The van der Waals surface area contributed by atoms with E-state index < -0.39 is 9.84 Å². The summed E-state index contributed by atoms with van der Waals surface area (Å²) >= 11 is 0. The zero-order chi connectivity index (χ0) is 26.0. The Morgan fingerprint density at radius 3 is 2.62 bits per heavy atom. The summed E-state index contributed by atoms with van der Waals surface area (Å²) in [5.74, 6) is 0.0262. The SMILES string of the molecule is CCc1ccc(-c2cc(C(=O)NCCCN3CCOCC3)c3c(C)nn(C4CCS(=O)(=O)C4)c3n2)cc1. The van der Waals surface area contributed by atoms with Crippen molar-refractivity contribution in [3.8, 4) is 11.3 Å². The van der Waals surface area contributed by atoms with E-state index in [1.165, 1.54) is 5.56 Å². The molecule has 3 aromatic rings. The Morgan fingerprint density at radius 1 is 1.19 bits per heavy atom. The van der Waals surface area contributed by atoms with Crippen molar-refractivity contribution in [3.05, 3.63) is 47.2 Å². The lowest BCUT2D eigenvalue weighted by Crippen LogP contribution is -2.38. The quantitative estimate of drug-likeness (QED) is 0.451. The van der Waals surface area contributed by atoms with Gasteiger partial charge in [0.1, 0.15) is 0 Å². The van der Waals surface area contributed by atoms with Gasteiger partial charge in [0.15, 0.2) is 15.5 Å². The van der Waals surface area contributed by atoms with Crippen molar-refractivity contribution in [2.45, 2.75) is 39.2 Å². The van der Waals surface area contributed by atoms with E-state index >= 15 is 0 Å². The molecule has 1 atom stereocenters. The van der Waals surface area contributed by atoms with Crippen LogP contribution in [-0.4, -0.2) is 84.9 Å². The number of carbonyl (C=O) groups excluding carboxylic acids is 1. The van der Waals surface area contributed by atoms with Gasteiger partial charge in [-0.15, -0.1) is 0 Å². The molecule has 2 aliphatic heterocycles. The summed E-state index contributed by atoms with van der Waals surface area (Å²) in [7, 11) is -3.10. The van der Waals surface area contributed by atoms with Crippen molar-refractivity contribution in [2.24, 2.45) is 0 Å². The van der Waals surface area contributed by atoms with Crippen LogP contribution in [0, 0.1) is 6.92 Å². The van der Waals surface area contributed by atoms with Crippen molar-refractivity contribution in [1.29, 1.82) is 0 Å². The number of nitrogens with zero attached hydrogens (tertiary/aromatic N) is 4. The molecule has 0 radical (unpaired) electrons. The van der Waals surface area contributed by atoms with E-state index in [-0.39, 0.29) is 23.5 Å². The predicted octanol–water partition coefficient (Wildman–Crippen LogP) is 2.78. The first-order valence-corrected chi connectivity index (χ1v) is 14.9. The highest BCUT2D eigenvalue weighted by atomic mass is 32.2. The van der Waals surface area contributed by atoms with Gasteiger partial charge in [-0.1, -0.05) is 31.2 Å². The van der Waals surface area contributed by atoms with Gasteiger partial charge < -0.3 is 10.1 Å². The van der Waals surface area contributed by atoms with E-state index in [0.29, 0.717) is 41.0 Å². The lowest BCUT2D eigenvalue weighted by atomic mass is 10.0. The number of amides is 1. The maximum absolute atomic E-state index is 13.5. The summed E-state index contributed by atoms with van der Waals surface area (Å²) in [4.78, 5) is 20.7. The largest absolute Gasteiger partial charge is 0.379 e. The molecule has 0 aliphatic carbocycles. The van der Waals surface area contributed by atoms with Crippen molar-refractivity contribution >= 4 is 26.8 Å². The maximum atomic E-state index is 13.5. The number of aromatic nitrogens is 3. The second-order valence-electron chi connectivity index (χ2n) is 9.95. The normalized spacial score (nSPS) is 19.9. The van der Waals surface area contributed by atoms with E-state index in [4.69, 9.17) is 14.8 Å². The monoisotopic (exact) mass is 525 g/mol. The fraction of sp³-hybridized carbons (Fsp3) is 0.519. The molecular weight excluding hydrogens is 490 g/mol. The van der Waals surface area contributed by atoms with Gasteiger partial charge in [-0.25, -0.2) is 18.1 Å². The number of rotatable bonds is 8. The van der Waals surface area contributed by atoms with Crippen LogP contribution >= 0.6 is 0 Å². The van der Waals surface area contributed by atoms with Gasteiger partial charge in [0.25, 0.3) is 5.91 Å². The van der Waals surface area contributed by atoms with Crippen LogP contribution in [0.4, 0.5) is 0 Å². The molecule has 5 rings (SSSR count). The van der Waals surface area contributed by atoms with Gasteiger partial charge in [0, 0.05) is 25.2 Å². The number of ether oxygens (including phenoxy) is 1. The second kappa shape index (κ2) is 10.9. The number of pyridine rings is 1. The average molecular weight is 526 g/mol. The molecule has 1 N–H and O–H groups in total. The minimum Gasteiger partial charge on any atom is -0.379 e.